The van der Waals surface area contributed by atoms with E-state index in [4.69, 9.17) is 23.2 Å². The molecule has 1 aromatic carbocycles. The average Bonchev–Trinajstić information content (AvgIpc) is 2.78. The first-order valence-corrected chi connectivity index (χ1v) is 7.09. The SMILES string of the molecule is Cc1cccc(-c2nnc(CCCCl)s2)c1Cl. The van der Waals surface area contributed by atoms with Crippen molar-refractivity contribution >= 4 is 34.5 Å². The van der Waals surface area contributed by atoms with Crippen LogP contribution < -0.4 is 0 Å². The van der Waals surface area contributed by atoms with Crippen molar-refractivity contribution in [2.24, 2.45) is 0 Å². The Labute approximate surface area is 115 Å². The molecule has 0 saturated heterocycles. The van der Waals surface area contributed by atoms with Gasteiger partial charge in [-0.3, -0.25) is 0 Å². The topological polar surface area (TPSA) is 25.8 Å². The van der Waals surface area contributed by atoms with Crippen molar-refractivity contribution in [1.82, 2.24) is 10.2 Å². The fourth-order valence-electron chi connectivity index (χ4n) is 1.49. The molecule has 0 atom stereocenters. The molecule has 1 aromatic heterocycles. The molecule has 0 fully saturated rings. The smallest absolute Gasteiger partial charge is 0.143 e. The van der Waals surface area contributed by atoms with Crippen LogP contribution in [0, 0.1) is 6.92 Å². The first-order valence-electron chi connectivity index (χ1n) is 5.36. The number of aryl methyl sites for hydroxylation is 2. The van der Waals surface area contributed by atoms with Gasteiger partial charge in [0.15, 0.2) is 0 Å². The van der Waals surface area contributed by atoms with Crippen LogP contribution in [0.5, 0.6) is 0 Å². The lowest BCUT2D eigenvalue weighted by molar-refractivity contribution is 0.884. The van der Waals surface area contributed by atoms with Crippen molar-refractivity contribution in [1.29, 1.82) is 0 Å². The number of benzene rings is 1. The molecule has 5 heteroatoms. The number of hydrogen-bond acceptors (Lipinski definition) is 3. The predicted octanol–water partition coefficient (Wildman–Crippen LogP) is 4.34. The number of halogens is 2. The van der Waals surface area contributed by atoms with Gasteiger partial charge < -0.3 is 0 Å². The van der Waals surface area contributed by atoms with Crippen LogP contribution in [0.1, 0.15) is 17.0 Å². The van der Waals surface area contributed by atoms with E-state index in [1.165, 1.54) is 0 Å². The number of rotatable bonds is 4. The average molecular weight is 287 g/mol. The van der Waals surface area contributed by atoms with E-state index < -0.39 is 0 Å². The first-order chi connectivity index (χ1) is 8.22. The molecule has 2 rings (SSSR count). The third-order valence-corrected chi connectivity index (χ3v) is 4.20. The summed E-state index contributed by atoms with van der Waals surface area (Å²) in [5.41, 5.74) is 2.02. The molecule has 1 heterocycles. The van der Waals surface area contributed by atoms with Gasteiger partial charge in [0.2, 0.25) is 0 Å². The second kappa shape index (κ2) is 5.80. The van der Waals surface area contributed by atoms with Crippen molar-refractivity contribution in [2.45, 2.75) is 19.8 Å². The minimum absolute atomic E-state index is 0.653. The summed E-state index contributed by atoms with van der Waals surface area (Å²) in [5, 5.41) is 11.0. The Morgan fingerprint density at radius 2 is 2.12 bits per heavy atom. The minimum Gasteiger partial charge on any atom is -0.143 e. The summed E-state index contributed by atoms with van der Waals surface area (Å²) in [6, 6.07) is 5.94. The van der Waals surface area contributed by atoms with Crippen LogP contribution in [0.25, 0.3) is 10.6 Å². The second-order valence-corrected chi connectivity index (χ2v) is 5.55. The van der Waals surface area contributed by atoms with Crippen molar-refractivity contribution in [3.63, 3.8) is 0 Å². The fourth-order valence-corrected chi connectivity index (χ4v) is 2.81. The minimum atomic E-state index is 0.653. The summed E-state index contributed by atoms with van der Waals surface area (Å²) in [6.07, 6.45) is 1.81. The Morgan fingerprint density at radius 1 is 1.29 bits per heavy atom. The van der Waals surface area contributed by atoms with Crippen molar-refractivity contribution < 1.29 is 0 Å². The molecule has 0 aliphatic carbocycles. The van der Waals surface area contributed by atoms with E-state index in [-0.39, 0.29) is 0 Å². The Hall–Kier alpha value is -0.640. The van der Waals surface area contributed by atoms with Gasteiger partial charge in [-0.05, 0) is 18.9 Å². The van der Waals surface area contributed by atoms with E-state index in [0.717, 1.165) is 39.0 Å². The number of hydrogen-bond donors (Lipinski definition) is 0. The number of nitrogens with zero attached hydrogens (tertiary/aromatic N) is 2. The largest absolute Gasteiger partial charge is 0.149 e. The van der Waals surface area contributed by atoms with E-state index >= 15 is 0 Å². The van der Waals surface area contributed by atoms with Crippen LogP contribution in [0.4, 0.5) is 0 Å². The summed E-state index contributed by atoms with van der Waals surface area (Å²) in [6.45, 7) is 1.99. The Bertz CT molecular complexity index is 511. The van der Waals surface area contributed by atoms with E-state index in [1.807, 2.05) is 25.1 Å². The van der Waals surface area contributed by atoms with E-state index in [0.29, 0.717) is 5.88 Å². The van der Waals surface area contributed by atoms with Crippen LogP contribution in [0.15, 0.2) is 18.2 Å². The summed E-state index contributed by atoms with van der Waals surface area (Å²) in [4.78, 5) is 0. The van der Waals surface area contributed by atoms with Gasteiger partial charge in [-0.1, -0.05) is 41.1 Å². The van der Waals surface area contributed by atoms with Gasteiger partial charge in [-0.15, -0.1) is 21.8 Å². The number of aromatic nitrogens is 2. The van der Waals surface area contributed by atoms with E-state index in [1.54, 1.807) is 11.3 Å². The van der Waals surface area contributed by atoms with Gasteiger partial charge in [0, 0.05) is 17.9 Å². The fraction of sp³-hybridized carbons (Fsp3) is 0.333. The lowest BCUT2D eigenvalue weighted by atomic mass is 10.1. The molecule has 0 unspecified atom stereocenters. The highest BCUT2D eigenvalue weighted by molar-refractivity contribution is 7.14. The molecule has 0 amide bonds. The maximum atomic E-state index is 6.26. The van der Waals surface area contributed by atoms with Gasteiger partial charge in [-0.25, -0.2) is 0 Å². The zero-order valence-electron chi connectivity index (χ0n) is 9.41. The molecular formula is C12H12Cl2N2S. The molecule has 0 N–H and O–H groups in total. The molecule has 2 aromatic rings. The monoisotopic (exact) mass is 286 g/mol. The lowest BCUT2D eigenvalue weighted by Crippen LogP contribution is -1.84. The van der Waals surface area contributed by atoms with E-state index in [9.17, 15) is 0 Å². The normalized spacial score (nSPS) is 10.8. The number of alkyl halides is 1. The highest BCUT2D eigenvalue weighted by Crippen LogP contribution is 2.32. The molecule has 0 radical (unpaired) electrons. The highest BCUT2D eigenvalue weighted by atomic mass is 35.5. The van der Waals surface area contributed by atoms with Crippen molar-refractivity contribution in [3.05, 3.63) is 33.8 Å². The van der Waals surface area contributed by atoms with Gasteiger partial charge in [0.05, 0.1) is 5.02 Å². The maximum Gasteiger partial charge on any atom is 0.149 e. The predicted molar refractivity (Wildman–Crippen MR) is 74.1 cm³/mol. The Kier molecular flexibility index (Phi) is 4.37. The summed E-state index contributed by atoms with van der Waals surface area (Å²) >= 11 is 13.5. The first kappa shape index (κ1) is 12.8. The van der Waals surface area contributed by atoms with Crippen molar-refractivity contribution in [2.75, 3.05) is 5.88 Å². The third kappa shape index (κ3) is 2.97. The summed E-state index contributed by atoms with van der Waals surface area (Å²) in [7, 11) is 0. The maximum absolute atomic E-state index is 6.26. The quantitative estimate of drug-likeness (QED) is 0.782. The third-order valence-electron chi connectivity index (χ3n) is 2.41. The van der Waals surface area contributed by atoms with Crippen LogP contribution in [0.2, 0.25) is 5.02 Å². The van der Waals surface area contributed by atoms with Gasteiger partial charge in [-0.2, -0.15) is 0 Å². The van der Waals surface area contributed by atoms with Gasteiger partial charge in [0.25, 0.3) is 0 Å². The zero-order valence-corrected chi connectivity index (χ0v) is 11.7. The molecule has 17 heavy (non-hydrogen) atoms. The van der Waals surface area contributed by atoms with Crippen LogP contribution in [-0.4, -0.2) is 16.1 Å². The molecule has 0 aliphatic rings. The van der Waals surface area contributed by atoms with Crippen LogP contribution >= 0.6 is 34.5 Å². The molecule has 0 aliphatic heterocycles. The second-order valence-electron chi connectivity index (χ2n) is 3.73. The van der Waals surface area contributed by atoms with Crippen LogP contribution in [0.3, 0.4) is 0 Å². The molecule has 0 spiro atoms. The highest BCUT2D eigenvalue weighted by Gasteiger charge is 2.10. The molecule has 90 valence electrons. The van der Waals surface area contributed by atoms with Crippen molar-refractivity contribution in [3.8, 4) is 10.6 Å². The summed E-state index contributed by atoms with van der Waals surface area (Å²) < 4.78 is 0. The summed E-state index contributed by atoms with van der Waals surface area (Å²) in [5.74, 6) is 0.653. The van der Waals surface area contributed by atoms with E-state index in [2.05, 4.69) is 10.2 Å². The molecular weight excluding hydrogens is 275 g/mol. The Balaban J connectivity index is 2.27. The standard InChI is InChI=1S/C12H12Cl2N2S/c1-8-4-2-5-9(11(8)14)12-16-15-10(17-12)6-3-7-13/h2,4-5H,3,6-7H2,1H3. The molecule has 2 nitrogen and oxygen atoms in total. The lowest BCUT2D eigenvalue weighted by Gasteiger charge is -2.01. The van der Waals surface area contributed by atoms with Gasteiger partial charge >= 0.3 is 0 Å². The van der Waals surface area contributed by atoms with Gasteiger partial charge in [0.1, 0.15) is 10.0 Å². The molecule has 0 bridgehead atoms. The van der Waals surface area contributed by atoms with Crippen LogP contribution in [-0.2, 0) is 6.42 Å². The zero-order chi connectivity index (χ0) is 12.3. The Morgan fingerprint density at radius 3 is 2.88 bits per heavy atom. The molecule has 0 saturated carbocycles.